The molecule has 144 valence electrons. The molecule has 13 heteroatoms. The Morgan fingerprint density at radius 2 is 2.25 bits per heavy atom. The monoisotopic (exact) mass is 433 g/mol. The SMILES string of the molecule is C=CO/N=C(/C([O-])=N[C@@H]1C(=O)N2[C@@H]1SC(C)(C)[C@@H]2C(=O)O)c1csc(N)n1.[Na+]. The molecule has 0 spiro atoms. The first-order chi connectivity index (χ1) is 12.7. The number of carboxylic acids is 1. The Balaban J connectivity index is 0.00000280. The molecular weight excluding hydrogens is 417 g/mol. The van der Waals surface area contributed by atoms with Crippen molar-refractivity contribution in [2.24, 2.45) is 10.1 Å². The number of thioether (sulfide) groups is 1. The minimum Gasteiger partial charge on any atom is -0.857 e. The molecule has 3 rings (SSSR count). The number of β-lactam (4-membered cyclic amide) rings is 1. The van der Waals surface area contributed by atoms with Gasteiger partial charge in [-0.15, -0.1) is 23.1 Å². The number of amides is 1. The van der Waals surface area contributed by atoms with Gasteiger partial charge in [0.15, 0.2) is 11.2 Å². The molecule has 1 aromatic rings. The van der Waals surface area contributed by atoms with Crippen LogP contribution < -0.4 is 40.4 Å². The van der Waals surface area contributed by atoms with E-state index in [0.717, 1.165) is 17.6 Å². The Kier molecular flexibility index (Phi) is 6.82. The van der Waals surface area contributed by atoms with Crippen LogP contribution in [0.2, 0.25) is 0 Å². The number of carboxylic acid groups (broad SMARTS) is 1. The number of hydrogen-bond donors (Lipinski definition) is 2. The zero-order valence-electron chi connectivity index (χ0n) is 15.4. The zero-order valence-corrected chi connectivity index (χ0v) is 19.0. The average Bonchev–Trinajstić information content (AvgIpc) is 3.12. The van der Waals surface area contributed by atoms with Crippen LogP contribution in [0.15, 0.2) is 28.4 Å². The van der Waals surface area contributed by atoms with Gasteiger partial charge in [0, 0.05) is 16.0 Å². The van der Waals surface area contributed by atoms with E-state index >= 15 is 0 Å². The molecule has 10 nitrogen and oxygen atoms in total. The van der Waals surface area contributed by atoms with Crippen LogP contribution in [0.3, 0.4) is 0 Å². The van der Waals surface area contributed by atoms with Gasteiger partial charge in [-0.3, -0.25) is 9.79 Å². The largest absolute Gasteiger partial charge is 1.00 e. The van der Waals surface area contributed by atoms with Gasteiger partial charge in [0.25, 0.3) is 5.91 Å². The normalized spacial score (nSPS) is 26.1. The fraction of sp³-hybridized carbons (Fsp3) is 0.400. The van der Waals surface area contributed by atoms with Crippen LogP contribution in [0.4, 0.5) is 5.13 Å². The maximum Gasteiger partial charge on any atom is 1.00 e. The quantitative estimate of drug-likeness (QED) is 0.119. The van der Waals surface area contributed by atoms with Gasteiger partial charge in [-0.25, -0.2) is 9.78 Å². The minimum atomic E-state index is -1.09. The molecule has 0 unspecified atom stereocenters. The van der Waals surface area contributed by atoms with Gasteiger partial charge in [0.05, 0.1) is 0 Å². The number of carbonyl (C=O) groups is 2. The summed E-state index contributed by atoms with van der Waals surface area (Å²) in [5.74, 6) is -2.41. The van der Waals surface area contributed by atoms with Gasteiger partial charge in [0.2, 0.25) is 0 Å². The van der Waals surface area contributed by atoms with E-state index in [1.54, 1.807) is 13.8 Å². The number of nitrogen functional groups attached to an aromatic ring is 1. The smallest absolute Gasteiger partial charge is 0.857 e. The Morgan fingerprint density at radius 1 is 1.57 bits per heavy atom. The summed E-state index contributed by atoms with van der Waals surface area (Å²) in [7, 11) is 0. The summed E-state index contributed by atoms with van der Waals surface area (Å²) in [5, 5.41) is 26.9. The fourth-order valence-electron chi connectivity index (χ4n) is 2.98. The number of anilines is 1. The van der Waals surface area contributed by atoms with Crippen molar-refractivity contribution in [3.05, 3.63) is 23.9 Å². The Bertz CT molecular complexity index is 871. The molecule has 1 aromatic heterocycles. The van der Waals surface area contributed by atoms with Gasteiger partial charge in [-0.1, -0.05) is 11.7 Å². The van der Waals surface area contributed by atoms with Gasteiger partial charge in [-0.05, 0) is 13.8 Å². The topological polar surface area (TPSA) is 154 Å². The van der Waals surface area contributed by atoms with Crippen LogP contribution in [0.5, 0.6) is 0 Å². The molecule has 0 bridgehead atoms. The van der Waals surface area contributed by atoms with Crippen molar-refractivity contribution in [1.29, 1.82) is 0 Å². The number of aromatic nitrogens is 1. The van der Waals surface area contributed by atoms with Crippen LogP contribution in [0.25, 0.3) is 0 Å². The molecule has 1 amide bonds. The van der Waals surface area contributed by atoms with Crippen LogP contribution in [-0.4, -0.2) is 60.7 Å². The van der Waals surface area contributed by atoms with Crippen molar-refractivity contribution in [3.63, 3.8) is 0 Å². The van der Waals surface area contributed by atoms with Gasteiger partial charge < -0.3 is 25.7 Å². The summed E-state index contributed by atoms with van der Waals surface area (Å²) in [6.45, 7) is 6.82. The van der Waals surface area contributed by atoms with Crippen LogP contribution >= 0.6 is 23.1 Å². The third-order valence-electron chi connectivity index (χ3n) is 4.09. The van der Waals surface area contributed by atoms with E-state index in [1.165, 1.54) is 22.0 Å². The number of fused-ring (bicyclic) bond motifs is 1. The van der Waals surface area contributed by atoms with Gasteiger partial charge >= 0.3 is 35.5 Å². The summed E-state index contributed by atoms with van der Waals surface area (Å²) in [5.41, 5.74) is 5.53. The molecular formula is C15H16N5NaO5S2. The van der Waals surface area contributed by atoms with E-state index in [1.807, 2.05) is 0 Å². The first-order valence-electron chi connectivity index (χ1n) is 7.71. The Labute approximate surface area is 190 Å². The van der Waals surface area contributed by atoms with E-state index < -0.39 is 40.0 Å². The predicted octanol–water partition coefficient (Wildman–Crippen LogP) is -3.13. The van der Waals surface area contributed by atoms with Crippen molar-refractivity contribution in [2.75, 3.05) is 5.73 Å². The van der Waals surface area contributed by atoms with E-state index in [-0.39, 0.29) is 46.1 Å². The second kappa shape index (κ2) is 8.41. The summed E-state index contributed by atoms with van der Waals surface area (Å²) >= 11 is 2.40. The predicted molar refractivity (Wildman–Crippen MR) is 99.3 cm³/mol. The van der Waals surface area contributed by atoms with Crippen LogP contribution in [-0.2, 0) is 14.4 Å². The number of thiazole rings is 1. The average molecular weight is 433 g/mol. The maximum atomic E-state index is 12.6. The Morgan fingerprint density at radius 3 is 2.79 bits per heavy atom. The van der Waals surface area contributed by atoms with Crippen molar-refractivity contribution in [3.8, 4) is 0 Å². The fourth-order valence-corrected chi connectivity index (χ4v) is 5.14. The molecule has 0 saturated carbocycles. The van der Waals surface area contributed by atoms with E-state index in [9.17, 15) is 19.8 Å². The standard InChI is InChI=1S/C15H17N5O5S2.Na/c1-4-25-19-7(6-5-26-14(16)17-6)10(21)18-8-11(22)20-9(13(23)24)15(2,3)27-12(8)20;/h4-5,8-9,12H,1H2,2-3H3,(H2,16,17)(H,18,21)(H,23,24);/q;+1/p-1/b19-7+;/t8-,9+,12-;/m1./s1. The maximum absolute atomic E-state index is 12.6. The number of nitrogens with zero attached hydrogens (tertiary/aromatic N) is 4. The number of aliphatic carboxylic acids is 1. The second-order valence-electron chi connectivity index (χ2n) is 6.26. The number of carbonyl (C=O) groups excluding carboxylic acids is 1. The first kappa shape index (κ1) is 22.7. The van der Waals surface area contributed by atoms with Crippen molar-refractivity contribution in [2.45, 2.75) is 36.1 Å². The number of nitrogens with two attached hydrogens (primary N) is 1. The van der Waals surface area contributed by atoms with Crippen LogP contribution in [0, 0.1) is 0 Å². The molecule has 0 radical (unpaired) electrons. The third-order valence-corrected chi connectivity index (χ3v) is 6.32. The first-order valence-corrected chi connectivity index (χ1v) is 9.47. The molecule has 0 aromatic carbocycles. The summed E-state index contributed by atoms with van der Waals surface area (Å²) in [6, 6.07) is -1.96. The van der Waals surface area contributed by atoms with E-state index in [2.05, 4.69) is 21.7 Å². The molecule has 3 heterocycles. The molecule has 3 N–H and O–H groups in total. The molecule has 0 aliphatic carbocycles. The van der Waals surface area contributed by atoms with Crippen molar-refractivity contribution in [1.82, 2.24) is 9.88 Å². The molecule has 2 fully saturated rings. The molecule has 2 aliphatic heterocycles. The number of hydrogen-bond acceptors (Lipinski definition) is 10. The second-order valence-corrected chi connectivity index (χ2v) is 8.92. The number of rotatable bonds is 6. The number of oxime groups is 1. The van der Waals surface area contributed by atoms with Gasteiger partial charge in [0.1, 0.15) is 29.1 Å². The molecule has 28 heavy (non-hydrogen) atoms. The van der Waals surface area contributed by atoms with E-state index in [4.69, 9.17) is 10.6 Å². The third kappa shape index (κ3) is 3.92. The molecule has 2 aliphatic rings. The number of aliphatic imine (C=N–C) groups is 1. The summed E-state index contributed by atoms with van der Waals surface area (Å²) < 4.78 is -0.703. The van der Waals surface area contributed by atoms with Gasteiger partial charge in [-0.2, -0.15) is 0 Å². The minimum absolute atomic E-state index is 0. The molecule has 2 saturated heterocycles. The van der Waals surface area contributed by atoms with E-state index in [0.29, 0.717) is 0 Å². The summed E-state index contributed by atoms with van der Waals surface area (Å²) in [6.07, 6.45) is 1.02. The van der Waals surface area contributed by atoms with Crippen molar-refractivity contribution >= 4 is 51.7 Å². The zero-order chi connectivity index (χ0) is 19.9. The summed E-state index contributed by atoms with van der Waals surface area (Å²) in [4.78, 5) is 37.9. The Hall–Kier alpha value is -1.60. The van der Waals surface area contributed by atoms with Crippen LogP contribution in [0.1, 0.15) is 19.5 Å². The molecule has 3 atom stereocenters. The van der Waals surface area contributed by atoms with Crippen molar-refractivity contribution < 1.29 is 54.2 Å².